The third kappa shape index (κ3) is 4.70. The first kappa shape index (κ1) is 15.8. The Hall–Kier alpha value is -1.30. The van der Waals surface area contributed by atoms with Crippen molar-refractivity contribution in [3.05, 3.63) is 0 Å². The summed E-state index contributed by atoms with van der Waals surface area (Å²) in [6.45, 7) is 9.38. The molecule has 1 fully saturated rings. The fraction of sp³-hybridized carbons (Fsp3) is 0.846. The molecule has 1 heterocycles. The van der Waals surface area contributed by atoms with Gasteiger partial charge in [-0.1, -0.05) is 0 Å². The molecular weight excluding hydrogens is 246 g/mol. The molecular formula is C13H25N3O3. The maximum absolute atomic E-state index is 11.9. The second-order valence-corrected chi connectivity index (χ2v) is 5.90. The molecule has 0 aromatic heterocycles. The van der Waals surface area contributed by atoms with Gasteiger partial charge in [-0.25, -0.2) is 4.79 Å². The van der Waals surface area contributed by atoms with E-state index in [2.05, 4.69) is 0 Å². The summed E-state index contributed by atoms with van der Waals surface area (Å²) in [6, 6.07) is 0.000295. The van der Waals surface area contributed by atoms with Crippen molar-refractivity contribution in [3.8, 4) is 0 Å². The molecule has 1 atom stereocenters. The molecule has 110 valence electrons. The Balaban J connectivity index is 2.54. The minimum absolute atomic E-state index is 0.000295. The van der Waals surface area contributed by atoms with Crippen LogP contribution in [-0.2, 0) is 9.53 Å². The maximum Gasteiger partial charge on any atom is 0.410 e. The molecule has 0 radical (unpaired) electrons. The molecule has 0 spiro atoms. The first-order chi connectivity index (χ1) is 8.74. The minimum atomic E-state index is -0.493. The maximum atomic E-state index is 11.9. The fourth-order valence-corrected chi connectivity index (χ4v) is 2.09. The molecule has 1 aliphatic rings. The Labute approximate surface area is 114 Å². The van der Waals surface area contributed by atoms with Crippen molar-refractivity contribution in [2.75, 3.05) is 26.2 Å². The number of rotatable bonds is 2. The zero-order chi connectivity index (χ0) is 14.6. The van der Waals surface area contributed by atoms with E-state index in [4.69, 9.17) is 10.5 Å². The lowest BCUT2D eigenvalue weighted by molar-refractivity contribution is -0.135. The van der Waals surface area contributed by atoms with Gasteiger partial charge in [0.25, 0.3) is 0 Å². The van der Waals surface area contributed by atoms with Crippen LogP contribution in [-0.4, -0.2) is 59.6 Å². The molecule has 1 unspecified atom stereocenters. The largest absolute Gasteiger partial charge is 0.444 e. The van der Waals surface area contributed by atoms with Crippen LogP contribution in [0.3, 0.4) is 0 Å². The van der Waals surface area contributed by atoms with Gasteiger partial charge in [-0.2, -0.15) is 0 Å². The summed E-state index contributed by atoms with van der Waals surface area (Å²) in [5.74, 6) is 0.0545. The summed E-state index contributed by atoms with van der Waals surface area (Å²) in [5, 5.41) is 0. The smallest absolute Gasteiger partial charge is 0.410 e. The van der Waals surface area contributed by atoms with Crippen molar-refractivity contribution in [1.29, 1.82) is 0 Å². The Morgan fingerprint density at radius 1 is 1.32 bits per heavy atom. The van der Waals surface area contributed by atoms with Gasteiger partial charge < -0.3 is 20.3 Å². The first-order valence-corrected chi connectivity index (χ1v) is 6.72. The molecule has 0 bridgehead atoms. The zero-order valence-electron chi connectivity index (χ0n) is 12.3. The summed E-state index contributed by atoms with van der Waals surface area (Å²) in [4.78, 5) is 27.2. The minimum Gasteiger partial charge on any atom is -0.444 e. The van der Waals surface area contributed by atoms with Crippen molar-refractivity contribution in [1.82, 2.24) is 9.80 Å². The van der Waals surface area contributed by atoms with Crippen LogP contribution in [0.4, 0.5) is 4.79 Å². The molecule has 6 heteroatoms. The molecule has 1 rings (SSSR count). The van der Waals surface area contributed by atoms with Crippen LogP contribution in [0.15, 0.2) is 0 Å². The SMILES string of the molecule is CC1CN(C(=O)OC(C)(C)C)CCN1C(=O)CCN. The van der Waals surface area contributed by atoms with E-state index in [1.807, 2.05) is 27.7 Å². The number of carbonyl (C=O) groups excluding carboxylic acids is 2. The van der Waals surface area contributed by atoms with Crippen molar-refractivity contribution in [2.24, 2.45) is 5.73 Å². The Morgan fingerprint density at radius 3 is 2.42 bits per heavy atom. The first-order valence-electron chi connectivity index (χ1n) is 6.72. The van der Waals surface area contributed by atoms with Crippen LogP contribution in [0.2, 0.25) is 0 Å². The molecule has 2 N–H and O–H groups in total. The highest BCUT2D eigenvalue weighted by atomic mass is 16.6. The number of ether oxygens (including phenoxy) is 1. The van der Waals surface area contributed by atoms with E-state index < -0.39 is 5.60 Å². The van der Waals surface area contributed by atoms with Gasteiger partial charge in [0.05, 0.1) is 0 Å². The Bertz CT molecular complexity index is 339. The molecule has 0 aromatic rings. The summed E-state index contributed by atoms with van der Waals surface area (Å²) in [7, 11) is 0. The predicted octanol–water partition coefficient (Wildman–Crippen LogP) is 0.803. The number of hydrogen-bond donors (Lipinski definition) is 1. The molecule has 0 aromatic carbocycles. The number of hydrogen-bond acceptors (Lipinski definition) is 4. The van der Waals surface area contributed by atoms with Gasteiger partial charge in [-0.15, -0.1) is 0 Å². The van der Waals surface area contributed by atoms with E-state index in [0.29, 0.717) is 32.6 Å². The highest BCUT2D eigenvalue weighted by Gasteiger charge is 2.31. The van der Waals surface area contributed by atoms with Gasteiger partial charge >= 0.3 is 6.09 Å². The highest BCUT2D eigenvalue weighted by Crippen LogP contribution is 2.15. The number of amides is 2. The number of nitrogens with two attached hydrogens (primary N) is 1. The van der Waals surface area contributed by atoms with Gasteiger partial charge in [-0.05, 0) is 27.7 Å². The van der Waals surface area contributed by atoms with Crippen LogP contribution in [0.25, 0.3) is 0 Å². The van der Waals surface area contributed by atoms with Gasteiger partial charge in [0, 0.05) is 38.6 Å². The van der Waals surface area contributed by atoms with Gasteiger partial charge in [-0.3, -0.25) is 4.79 Å². The highest BCUT2D eigenvalue weighted by molar-refractivity contribution is 5.77. The van der Waals surface area contributed by atoms with Crippen LogP contribution in [0, 0.1) is 0 Å². The van der Waals surface area contributed by atoms with E-state index in [0.717, 1.165) is 0 Å². The van der Waals surface area contributed by atoms with Gasteiger partial charge in [0.15, 0.2) is 0 Å². The lowest BCUT2D eigenvalue weighted by Crippen LogP contribution is -2.56. The second kappa shape index (κ2) is 6.23. The van der Waals surface area contributed by atoms with Crippen LogP contribution in [0.1, 0.15) is 34.1 Å². The quantitative estimate of drug-likeness (QED) is 0.806. The lowest BCUT2D eigenvalue weighted by atomic mass is 10.1. The molecule has 1 saturated heterocycles. The van der Waals surface area contributed by atoms with E-state index in [9.17, 15) is 9.59 Å². The van der Waals surface area contributed by atoms with E-state index in [1.165, 1.54) is 0 Å². The van der Waals surface area contributed by atoms with E-state index in [1.54, 1.807) is 9.80 Å². The average Bonchev–Trinajstić information content (AvgIpc) is 2.26. The summed E-state index contributed by atoms with van der Waals surface area (Å²) in [5.41, 5.74) is 4.90. The number of carbonyl (C=O) groups is 2. The van der Waals surface area contributed by atoms with Gasteiger partial charge in [0.2, 0.25) is 5.91 Å². The molecule has 2 amide bonds. The van der Waals surface area contributed by atoms with Crippen LogP contribution >= 0.6 is 0 Å². The summed E-state index contributed by atoms with van der Waals surface area (Å²) in [6.07, 6.45) is 0.0434. The van der Waals surface area contributed by atoms with Crippen molar-refractivity contribution in [2.45, 2.75) is 45.8 Å². The number of nitrogens with zero attached hydrogens (tertiary/aromatic N) is 2. The third-order valence-corrected chi connectivity index (χ3v) is 2.96. The average molecular weight is 271 g/mol. The summed E-state index contributed by atoms with van der Waals surface area (Å²) >= 11 is 0. The van der Waals surface area contributed by atoms with Crippen LogP contribution in [0.5, 0.6) is 0 Å². The van der Waals surface area contributed by atoms with E-state index in [-0.39, 0.29) is 18.0 Å². The Kier molecular flexibility index (Phi) is 5.17. The topological polar surface area (TPSA) is 75.9 Å². The monoisotopic (exact) mass is 271 g/mol. The zero-order valence-corrected chi connectivity index (χ0v) is 12.3. The van der Waals surface area contributed by atoms with Crippen molar-refractivity contribution < 1.29 is 14.3 Å². The standard InChI is InChI=1S/C13H25N3O3/c1-10-9-15(12(18)19-13(2,3)4)7-8-16(10)11(17)5-6-14/h10H,5-9,14H2,1-4H3. The summed E-state index contributed by atoms with van der Waals surface area (Å²) < 4.78 is 5.33. The Morgan fingerprint density at radius 2 is 1.95 bits per heavy atom. The molecule has 0 saturated carbocycles. The normalized spacial score (nSPS) is 20.4. The van der Waals surface area contributed by atoms with Crippen molar-refractivity contribution >= 4 is 12.0 Å². The fourth-order valence-electron chi connectivity index (χ4n) is 2.09. The second-order valence-electron chi connectivity index (χ2n) is 5.90. The third-order valence-electron chi connectivity index (χ3n) is 2.96. The number of piperazine rings is 1. The molecule has 1 aliphatic heterocycles. The van der Waals surface area contributed by atoms with Gasteiger partial charge in [0.1, 0.15) is 5.60 Å². The predicted molar refractivity (Wildman–Crippen MR) is 72.7 cm³/mol. The van der Waals surface area contributed by atoms with Crippen LogP contribution < -0.4 is 5.73 Å². The lowest BCUT2D eigenvalue weighted by Gasteiger charge is -2.40. The molecule has 0 aliphatic carbocycles. The van der Waals surface area contributed by atoms with Crippen molar-refractivity contribution in [3.63, 3.8) is 0 Å². The van der Waals surface area contributed by atoms with E-state index >= 15 is 0 Å². The molecule has 6 nitrogen and oxygen atoms in total. The molecule has 19 heavy (non-hydrogen) atoms.